The number of thiazole rings is 1. The van der Waals surface area contributed by atoms with Crippen LogP contribution < -0.4 is 20.9 Å². The molecule has 1 saturated heterocycles. The summed E-state index contributed by atoms with van der Waals surface area (Å²) in [6, 6.07) is 11.4. The lowest BCUT2D eigenvalue weighted by Crippen LogP contribution is -2.46. The van der Waals surface area contributed by atoms with Crippen molar-refractivity contribution in [3.63, 3.8) is 0 Å². The quantitative estimate of drug-likeness (QED) is 0.327. The number of aromatic nitrogens is 1. The van der Waals surface area contributed by atoms with E-state index in [0.29, 0.717) is 27.4 Å². The molecule has 1 atom stereocenters. The zero-order chi connectivity index (χ0) is 27.2. The Hall–Kier alpha value is -3.12. The molecule has 202 valence electrons. The van der Waals surface area contributed by atoms with Gasteiger partial charge in [-0.2, -0.15) is 0 Å². The van der Waals surface area contributed by atoms with Crippen LogP contribution in [0.2, 0.25) is 10.0 Å². The molecular weight excluding hydrogens is 569 g/mol. The SMILES string of the molecule is CN(CC(=O)NC1C(=O)C[SH4]C1=O)c1ccccc1Cc1csc(NC(=O)NCc2ccc(Cl)c(Cl)c2)n1. The fraction of sp³-hybridized carbons (Fsp3) is 0.240. The number of likely N-dealkylation sites (N-methyl/N-ethyl adjacent to an activating group) is 1. The number of nitrogens with one attached hydrogen (secondary N) is 3. The van der Waals surface area contributed by atoms with Crippen LogP contribution in [-0.4, -0.2) is 53.2 Å². The van der Waals surface area contributed by atoms with Gasteiger partial charge in [-0.1, -0.05) is 47.5 Å². The molecule has 0 spiro atoms. The number of nitrogens with zero attached hydrogens (tertiary/aromatic N) is 2. The van der Waals surface area contributed by atoms with Gasteiger partial charge in [0.1, 0.15) is 0 Å². The Kier molecular flexibility index (Phi) is 9.26. The molecule has 0 radical (unpaired) electrons. The number of carbonyl (C=O) groups excluding carboxylic acids is 4. The summed E-state index contributed by atoms with van der Waals surface area (Å²) < 4.78 is 0. The number of ketones is 1. The number of hydrogen-bond donors (Lipinski definition) is 3. The zero-order valence-electron chi connectivity index (χ0n) is 20.4. The Morgan fingerprint density at radius 2 is 1.95 bits per heavy atom. The third-order valence-corrected chi connectivity index (χ3v) is 9.12. The molecular formula is C25H27Cl2N5O4S2. The van der Waals surface area contributed by atoms with E-state index in [2.05, 4.69) is 20.9 Å². The molecule has 1 aromatic heterocycles. The summed E-state index contributed by atoms with van der Waals surface area (Å²) >= 11 is 12.2. The summed E-state index contributed by atoms with van der Waals surface area (Å²) in [5, 5.41) is 11.1. The minimum Gasteiger partial charge on any atom is -0.365 e. The van der Waals surface area contributed by atoms with Gasteiger partial charge in [0.2, 0.25) is 5.91 Å². The van der Waals surface area contributed by atoms with Crippen LogP contribution in [0.15, 0.2) is 47.8 Å². The largest absolute Gasteiger partial charge is 0.365 e. The van der Waals surface area contributed by atoms with E-state index in [9.17, 15) is 19.2 Å². The number of halogens is 2. The second-order valence-electron chi connectivity index (χ2n) is 8.79. The zero-order valence-corrected chi connectivity index (χ0v) is 24.2. The van der Waals surface area contributed by atoms with Crippen LogP contribution in [0.4, 0.5) is 15.6 Å². The number of rotatable bonds is 9. The van der Waals surface area contributed by atoms with Crippen molar-refractivity contribution in [2.75, 3.05) is 29.6 Å². The molecule has 0 bridgehead atoms. The topological polar surface area (TPSA) is 121 Å². The minimum atomic E-state index is -1.07. The van der Waals surface area contributed by atoms with Crippen LogP contribution in [-0.2, 0) is 27.3 Å². The smallest absolute Gasteiger partial charge is 0.321 e. The molecule has 3 amide bonds. The van der Waals surface area contributed by atoms with E-state index in [1.807, 2.05) is 29.6 Å². The van der Waals surface area contributed by atoms with E-state index >= 15 is 0 Å². The fourth-order valence-electron chi connectivity index (χ4n) is 4.03. The van der Waals surface area contributed by atoms with Gasteiger partial charge in [0, 0.05) is 36.8 Å². The van der Waals surface area contributed by atoms with Gasteiger partial charge >= 0.3 is 6.03 Å². The maximum absolute atomic E-state index is 12.5. The molecule has 4 rings (SSSR count). The number of para-hydroxylation sites is 1. The van der Waals surface area contributed by atoms with Crippen molar-refractivity contribution in [2.24, 2.45) is 0 Å². The van der Waals surface area contributed by atoms with Crippen LogP contribution in [0.1, 0.15) is 16.8 Å². The lowest BCUT2D eigenvalue weighted by atomic mass is 10.1. The molecule has 13 heteroatoms. The van der Waals surface area contributed by atoms with E-state index in [1.165, 1.54) is 11.3 Å². The predicted octanol–water partition coefficient (Wildman–Crippen LogP) is 3.06. The van der Waals surface area contributed by atoms with Crippen molar-refractivity contribution in [3.05, 3.63) is 74.7 Å². The standard InChI is InChI=1S/C25H27Cl2N5O4S2/c1-32(11-21(34)30-22-20(33)13-37-23(22)35)19-5-3-2-4-15(19)9-16-12-38-25(29-16)31-24(36)28-10-14-6-7-17(26)18(27)8-14/h2-8,12,22H,9-11,13H2,1H3,37H4,(H,30,34)(H2,28,29,31,36). The first kappa shape index (κ1) is 27.9. The lowest BCUT2D eigenvalue weighted by Gasteiger charge is -2.22. The maximum Gasteiger partial charge on any atom is 0.321 e. The van der Waals surface area contributed by atoms with Crippen LogP contribution in [0.25, 0.3) is 0 Å². The summed E-state index contributed by atoms with van der Waals surface area (Å²) in [5.41, 5.74) is 3.33. The molecule has 0 aliphatic carbocycles. The number of benzene rings is 2. The van der Waals surface area contributed by atoms with Gasteiger partial charge in [-0.3, -0.25) is 31.5 Å². The first-order valence-electron chi connectivity index (χ1n) is 11.8. The van der Waals surface area contributed by atoms with E-state index in [0.717, 1.165) is 22.5 Å². The minimum absolute atomic E-state index is 0.00149. The maximum atomic E-state index is 12.5. The van der Waals surface area contributed by atoms with Crippen molar-refractivity contribution in [1.82, 2.24) is 15.6 Å². The molecule has 1 unspecified atom stereocenters. The summed E-state index contributed by atoms with van der Waals surface area (Å²) in [6.07, 6.45) is 0.483. The Bertz CT molecular complexity index is 1370. The van der Waals surface area contributed by atoms with Crippen molar-refractivity contribution in [2.45, 2.75) is 19.0 Å². The van der Waals surface area contributed by atoms with E-state index in [1.54, 1.807) is 30.1 Å². The second-order valence-corrected chi connectivity index (χ2v) is 12.2. The molecule has 1 aliphatic heterocycles. The molecule has 9 nitrogen and oxygen atoms in total. The molecule has 3 N–H and O–H groups in total. The van der Waals surface area contributed by atoms with Crippen LogP contribution >= 0.6 is 46.3 Å². The van der Waals surface area contributed by atoms with Crippen LogP contribution in [0.3, 0.4) is 0 Å². The summed E-state index contributed by atoms with van der Waals surface area (Å²) in [4.78, 5) is 54.9. The number of urea groups is 1. The number of Topliss-reactive ketones (excluding diaryl/α,β-unsaturated/α-hetero) is 1. The molecule has 2 aromatic carbocycles. The number of anilines is 2. The van der Waals surface area contributed by atoms with Gasteiger partial charge in [0.05, 0.1) is 22.3 Å². The van der Waals surface area contributed by atoms with Gasteiger partial charge in [-0.15, -0.1) is 11.3 Å². The van der Waals surface area contributed by atoms with Crippen molar-refractivity contribution >= 4 is 80.0 Å². The van der Waals surface area contributed by atoms with E-state index < -0.39 is 23.8 Å². The van der Waals surface area contributed by atoms with Crippen molar-refractivity contribution < 1.29 is 19.2 Å². The Labute approximate surface area is 237 Å². The first-order chi connectivity index (χ1) is 18.2. The van der Waals surface area contributed by atoms with Crippen LogP contribution in [0, 0.1) is 0 Å². The summed E-state index contributed by atoms with van der Waals surface area (Å²) in [7, 11) is 1.78. The highest BCUT2D eigenvalue weighted by molar-refractivity contribution is 8.15. The number of carbonyl (C=O) groups is 4. The Balaban J connectivity index is 1.32. The molecule has 3 aromatic rings. The highest BCUT2D eigenvalue weighted by atomic mass is 35.5. The Morgan fingerprint density at radius 3 is 2.68 bits per heavy atom. The fourth-order valence-corrected chi connectivity index (χ4v) is 6.46. The summed E-state index contributed by atoms with van der Waals surface area (Å²) in [6.45, 7) is 0.276. The molecule has 1 fully saturated rings. The third-order valence-electron chi connectivity index (χ3n) is 5.93. The molecule has 38 heavy (non-hydrogen) atoms. The summed E-state index contributed by atoms with van der Waals surface area (Å²) in [5.74, 6) is -0.253. The Morgan fingerprint density at radius 1 is 1.16 bits per heavy atom. The molecule has 1 aliphatic rings. The number of hydrogen-bond acceptors (Lipinski definition) is 7. The van der Waals surface area contributed by atoms with Gasteiger partial charge < -0.3 is 15.5 Å². The average Bonchev–Trinajstić information content (AvgIpc) is 3.45. The van der Waals surface area contributed by atoms with Crippen LogP contribution in [0.5, 0.6) is 0 Å². The predicted molar refractivity (Wildman–Crippen MR) is 157 cm³/mol. The molecule has 2 heterocycles. The van der Waals surface area contributed by atoms with Gasteiger partial charge in [0.25, 0.3) is 0 Å². The lowest BCUT2D eigenvalue weighted by molar-refractivity contribution is -0.129. The van der Waals surface area contributed by atoms with E-state index in [-0.39, 0.29) is 29.9 Å². The van der Waals surface area contributed by atoms with Gasteiger partial charge in [-0.05, 0) is 29.3 Å². The monoisotopic (exact) mass is 595 g/mol. The first-order valence-corrected chi connectivity index (χ1v) is 15.1. The van der Waals surface area contributed by atoms with Gasteiger partial charge in [0.15, 0.2) is 22.1 Å². The average molecular weight is 597 g/mol. The number of amides is 3. The third kappa shape index (κ3) is 7.25. The highest BCUT2D eigenvalue weighted by Crippen LogP contribution is 2.25. The molecule has 0 saturated carbocycles. The van der Waals surface area contributed by atoms with Crippen molar-refractivity contribution in [1.29, 1.82) is 0 Å². The van der Waals surface area contributed by atoms with Crippen molar-refractivity contribution in [3.8, 4) is 0 Å². The second kappa shape index (κ2) is 12.6. The highest BCUT2D eigenvalue weighted by Gasteiger charge is 2.32. The van der Waals surface area contributed by atoms with E-state index in [4.69, 9.17) is 23.2 Å². The van der Waals surface area contributed by atoms with Gasteiger partial charge in [-0.25, -0.2) is 9.78 Å². The normalized spacial score (nSPS) is 15.1.